The summed E-state index contributed by atoms with van der Waals surface area (Å²) >= 11 is 0. The molecular formula is C21H26O4. The highest BCUT2D eigenvalue weighted by atomic mass is 16.5. The standard InChI is InChI=1S/C21H26O4/c1-5-6-7-11-24-21-18(23-4)12-17(14-22)13-19(21)25-20-15(2)9-8-10-16(20)3/h8-10,12-14H,5-7,11H2,1-4H3. The quantitative estimate of drug-likeness (QED) is 0.447. The summed E-state index contributed by atoms with van der Waals surface area (Å²) < 4.78 is 17.5. The zero-order valence-electron chi connectivity index (χ0n) is 15.4. The Bertz CT molecular complexity index is 702. The lowest BCUT2D eigenvalue weighted by Crippen LogP contribution is -2.03. The zero-order chi connectivity index (χ0) is 18.2. The van der Waals surface area contributed by atoms with Crippen LogP contribution in [0.25, 0.3) is 0 Å². The number of benzene rings is 2. The van der Waals surface area contributed by atoms with E-state index < -0.39 is 0 Å². The summed E-state index contributed by atoms with van der Waals surface area (Å²) in [6.07, 6.45) is 3.96. The van der Waals surface area contributed by atoms with Crippen LogP contribution in [-0.2, 0) is 0 Å². The molecule has 2 rings (SSSR count). The van der Waals surface area contributed by atoms with Gasteiger partial charge >= 0.3 is 0 Å². The molecule has 0 atom stereocenters. The Kier molecular flexibility index (Phi) is 6.87. The van der Waals surface area contributed by atoms with Crippen molar-refractivity contribution in [1.29, 1.82) is 0 Å². The van der Waals surface area contributed by atoms with E-state index in [9.17, 15) is 4.79 Å². The Morgan fingerprint density at radius 1 is 1.00 bits per heavy atom. The van der Waals surface area contributed by atoms with E-state index in [2.05, 4.69) is 6.92 Å². The predicted octanol–water partition coefficient (Wildman–Crippen LogP) is 5.49. The van der Waals surface area contributed by atoms with Crippen LogP contribution in [0.4, 0.5) is 0 Å². The lowest BCUT2D eigenvalue weighted by molar-refractivity contribution is 0.112. The van der Waals surface area contributed by atoms with E-state index in [4.69, 9.17) is 14.2 Å². The molecule has 0 aliphatic rings. The van der Waals surface area contributed by atoms with Gasteiger partial charge < -0.3 is 14.2 Å². The SMILES string of the molecule is CCCCCOc1c(OC)cc(C=O)cc1Oc1c(C)cccc1C. The average molecular weight is 342 g/mol. The van der Waals surface area contributed by atoms with E-state index in [1.165, 1.54) is 0 Å². The van der Waals surface area contributed by atoms with Crippen molar-refractivity contribution >= 4 is 6.29 Å². The summed E-state index contributed by atoms with van der Waals surface area (Å²) in [5.74, 6) is 2.30. The molecular weight excluding hydrogens is 316 g/mol. The van der Waals surface area contributed by atoms with E-state index in [1.54, 1.807) is 19.2 Å². The maximum atomic E-state index is 11.3. The molecule has 0 heterocycles. The van der Waals surface area contributed by atoms with Crippen molar-refractivity contribution in [3.8, 4) is 23.0 Å². The van der Waals surface area contributed by atoms with Gasteiger partial charge in [0, 0.05) is 5.56 Å². The molecule has 0 unspecified atom stereocenters. The Labute approximate surface area is 149 Å². The van der Waals surface area contributed by atoms with Crippen molar-refractivity contribution in [3.63, 3.8) is 0 Å². The Morgan fingerprint density at radius 2 is 1.68 bits per heavy atom. The first-order valence-electron chi connectivity index (χ1n) is 8.64. The van der Waals surface area contributed by atoms with Crippen molar-refractivity contribution in [3.05, 3.63) is 47.0 Å². The first-order chi connectivity index (χ1) is 12.1. The highest BCUT2D eigenvalue weighted by Crippen LogP contribution is 2.42. The van der Waals surface area contributed by atoms with E-state index in [1.807, 2.05) is 32.0 Å². The van der Waals surface area contributed by atoms with Crippen LogP contribution in [0, 0.1) is 13.8 Å². The average Bonchev–Trinajstić information content (AvgIpc) is 2.62. The second-order valence-corrected chi connectivity index (χ2v) is 6.05. The van der Waals surface area contributed by atoms with Crippen molar-refractivity contribution in [1.82, 2.24) is 0 Å². The minimum absolute atomic E-state index is 0.485. The smallest absolute Gasteiger partial charge is 0.204 e. The third-order valence-corrected chi connectivity index (χ3v) is 4.01. The first-order valence-corrected chi connectivity index (χ1v) is 8.64. The number of unbranched alkanes of at least 4 members (excludes halogenated alkanes) is 2. The van der Waals surface area contributed by atoms with Crippen LogP contribution in [0.5, 0.6) is 23.0 Å². The molecule has 0 fully saturated rings. The molecule has 0 saturated carbocycles. The number of hydrogen-bond acceptors (Lipinski definition) is 4. The second kappa shape index (κ2) is 9.11. The molecule has 0 N–H and O–H groups in total. The molecule has 0 aliphatic carbocycles. The van der Waals surface area contributed by atoms with Gasteiger partial charge in [0.1, 0.15) is 12.0 Å². The Morgan fingerprint density at radius 3 is 2.28 bits per heavy atom. The van der Waals surface area contributed by atoms with Gasteiger partial charge in [0.05, 0.1) is 13.7 Å². The number of aryl methyl sites for hydroxylation is 2. The van der Waals surface area contributed by atoms with Gasteiger partial charge in [0.15, 0.2) is 11.5 Å². The van der Waals surface area contributed by atoms with Gasteiger partial charge in [-0.25, -0.2) is 0 Å². The number of rotatable bonds is 9. The van der Waals surface area contributed by atoms with Crippen molar-refractivity contribution in [2.45, 2.75) is 40.0 Å². The minimum Gasteiger partial charge on any atom is -0.493 e. The Hall–Kier alpha value is -2.49. The van der Waals surface area contributed by atoms with Gasteiger partial charge in [-0.2, -0.15) is 0 Å². The van der Waals surface area contributed by atoms with Crippen LogP contribution in [0.1, 0.15) is 47.7 Å². The van der Waals surface area contributed by atoms with Gasteiger partial charge in [0.2, 0.25) is 5.75 Å². The largest absolute Gasteiger partial charge is 0.493 e. The summed E-state index contributed by atoms with van der Waals surface area (Å²) in [6.45, 7) is 6.71. The van der Waals surface area contributed by atoms with Crippen LogP contribution < -0.4 is 14.2 Å². The molecule has 0 amide bonds. The molecule has 4 heteroatoms. The number of carbonyl (C=O) groups is 1. The molecule has 0 bridgehead atoms. The monoisotopic (exact) mass is 342 g/mol. The van der Waals surface area contributed by atoms with Crippen molar-refractivity contribution in [2.75, 3.05) is 13.7 Å². The number of hydrogen-bond donors (Lipinski definition) is 0. The normalized spacial score (nSPS) is 10.4. The maximum Gasteiger partial charge on any atom is 0.204 e. The van der Waals surface area contributed by atoms with Crippen LogP contribution >= 0.6 is 0 Å². The summed E-state index contributed by atoms with van der Waals surface area (Å²) in [6, 6.07) is 9.33. The highest BCUT2D eigenvalue weighted by Gasteiger charge is 2.17. The molecule has 0 aliphatic heterocycles. The van der Waals surface area contributed by atoms with Gasteiger partial charge in [-0.05, 0) is 43.5 Å². The lowest BCUT2D eigenvalue weighted by Gasteiger charge is -2.18. The molecule has 2 aromatic carbocycles. The topological polar surface area (TPSA) is 44.8 Å². The second-order valence-electron chi connectivity index (χ2n) is 6.05. The Balaban J connectivity index is 2.40. The van der Waals surface area contributed by atoms with E-state index in [0.717, 1.165) is 42.4 Å². The van der Waals surface area contributed by atoms with Crippen LogP contribution in [0.3, 0.4) is 0 Å². The fourth-order valence-electron chi connectivity index (χ4n) is 2.63. The first kappa shape index (κ1) is 18.8. The van der Waals surface area contributed by atoms with E-state index in [0.29, 0.717) is 29.4 Å². The highest BCUT2D eigenvalue weighted by molar-refractivity contribution is 5.78. The van der Waals surface area contributed by atoms with Crippen molar-refractivity contribution in [2.24, 2.45) is 0 Å². The fourth-order valence-corrected chi connectivity index (χ4v) is 2.63. The molecule has 2 aromatic rings. The molecule has 0 saturated heterocycles. The van der Waals surface area contributed by atoms with Gasteiger partial charge in [-0.3, -0.25) is 4.79 Å². The zero-order valence-corrected chi connectivity index (χ0v) is 15.4. The number of aldehydes is 1. The van der Waals surface area contributed by atoms with Crippen LogP contribution in [-0.4, -0.2) is 20.0 Å². The summed E-state index contributed by atoms with van der Waals surface area (Å²) in [4.78, 5) is 11.3. The van der Waals surface area contributed by atoms with Crippen LogP contribution in [0.15, 0.2) is 30.3 Å². The van der Waals surface area contributed by atoms with Crippen molar-refractivity contribution < 1.29 is 19.0 Å². The molecule has 134 valence electrons. The summed E-state index contributed by atoms with van der Waals surface area (Å²) in [5.41, 5.74) is 2.53. The van der Waals surface area contributed by atoms with Gasteiger partial charge in [-0.1, -0.05) is 38.0 Å². The lowest BCUT2D eigenvalue weighted by atomic mass is 10.1. The number of ether oxygens (including phenoxy) is 3. The summed E-state index contributed by atoms with van der Waals surface area (Å²) in [7, 11) is 1.56. The molecule has 4 nitrogen and oxygen atoms in total. The minimum atomic E-state index is 0.485. The van der Waals surface area contributed by atoms with Gasteiger partial charge in [0.25, 0.3) is 0 Å². The van der Waals surface area contributed by atoms with E-state index >= 15 is 0 Å². The third-order valence-electron chi connectivity index (χ3n) is 4.01. The number of para-hydroxylation sites is 1. The molecule has 0 spiro atoms. The maximum absolute atomic E-state index is 11.3. The number of methoxy groups -OCH3 is 1. The predicted molar refractivity (Wildman–Crippen MR) is 99.4 cm³/mol. The van der Waals surface area contributed by atoms with Crippen LogP contribution in [0.2, 0.25) is 0 Å². The van der Waals surface area contributed by atoms with E-state index in [-0.39, 0.29) is 0 Å². The molecule has 0 aromatic heterocycles. The third kappa shape index (κ3) is 4.75. The fraction of sp³-hybridized carbons (Fsp3) is 0.381. The van der Waals surface area contributed by atoms with Gasteiger partial charge in [-0.15, -0.1) is 0 Å². The summed E-state index contributed by atoms with van der Waals surface area (Å²) in [5, 5.41) is 0. The molecule has 0 radical (unpaired) electrons. The number of carbonyl (C=O) groups excluding carboxylic acids is 1. The molecule has 25 heavy (non-hydrogen) atoms.